The molecule has 1 amide bonds. The lowest BCUT2D eigenvalue weighted by Crippen LogP contribution is -2.50. The minimum absolute atomic E-state index is 0.00399. The highest BCUT2D eigenvalue weighted by Crippen LogP contribution is 2.23. The van der Waals surface area contributed by atoms with Crippen molar-refractivity contribution >= 4 is 11.7 Å². The van der Waals surface area contributed by atoms with Gasteiger partial charge in [-0.2, -0.15) is 0 Å². The van der Waals surface area contributed by atoms with E-state index in [-0.39, 0.29) is 24.3 Å². The fraction of sp³-hybridized carbons (Fsp3) is 0.364. The number of ether oxygens (including phenoxy) is 1. The molecule has 1 fully saturated rings. The topological polar surface area (TPSA) is 58.6 Å². The van der Waals surface area contributed by atoms with E-state index in [4.69, 9.17) is 4.74 Å². The average Bonchev–Trinajstić information content (AvgIpc) is 2.72. The van der Waals surface area contributed by atoms with Crippen LogP contribution in [0.2, 0.25) is 0 Å². The van der Waals surface area contributed by atoms with E-state index in [2.05, 4.69) is 36.5 Å². The van der Waals surface area contributed by atoms with Crippen molar-refractivity contribution in [1.82, 2.24) is 10.2 Å². The number of benzene rings is 2. The van der Waals surface area contributed by atoms with Gasteiger partial charge in [0.1, 0.15) is 5.75 Å². The van der Waals surface area contributed by atoms with Crippen LogP contribution in [0.3, 0.4) is 0 Å². The lowest BCUT2D eigenvalue weighted by molar-refractivity contribution is -0.136. The predicted octanol–water partition coefficient (Wildman–Crippen LogP) is 3.00. The molecule has 0 saturated carbocycles. The molecule has 1 unspecified atom stereocenters. The second-order valence-corrected chi connectivity index (χ2v) is 6.77. The summed E-state index contributed by atoms with van der Waals surface area (Å²) in [6.07, 6.45) is 0.999. The van der Waals surface area contributed by atoms with Crippen molar-refractivity contribution in [3.63, 3.8) is 0 Å². The third-order valence-corrected chi connectivity index (χ3v) is 4.94. The fourth-order valence-electron chi connectivity index (χ4n) is 3.31. The largest absolute Gasteiger partial charge is 0.484 e. The summed E-state index contributed by atoms with van der Waals surface area (Å²) < 4.78 is 5.67. The second kappa shape index (κ2) is 8.82. The maximum atomic E-state index is 12.8. The Morgan fingerprint density at radius 1 is 1.19 bits per heavy atom. The molecule has 2 aromatic rings. The number of nitrogens with one attached hydrogen (secondary N) is 1. The molecule has 1 saturated heterocycles. The molecule has 1 atom stereocenters. The summed E-state index contributed by atoms with van der Waals surface area (Å²) in [5.74, 6) is 0.466. The first-order chi connectivity index (χ1) is 13.1. The maximum absolute atomic E-state index is 12.8. The molecule has 2 aromatic carbocycles. The van der Waals surface area contributed by atoms with Crippen molar-refractivity contribution in [3.8, 4) is 5.75 Å². The molecule has 5 heteroatoms. The van der Waals surface area contributed by atoms with Gasteiger partial charge in [-0.3, -0.25) is 9.59 Å². The molecule has 27 heavy (non-hydrogen) atoms. The minimum atomic E-state index is -0.0469. The monoisotopic (exact) mass is 366 g/mol. The quantitative estimate of drug-likeness (QED) is 0.799. The molecule has 0 spiro atoms. The fourth-order valence-corrected chi connectivity index (χ4v) is 3.31. The van der Waals surface area contributed by atoms with Crippen LogP contribution >= 0.6 is 0 Å². The maximum Gasteiger partial charge on any atom is 0.261 e. The van der Waals surface area contributed by atoms with E-state index >= 15 is 0 Å². The average molecular weight is 366 g/mol. The number of nitrogens with zero attached hydrogens (tertiary/aromatic N) is 1. The lowest BCUT2D eigenvalue weighted by atomic mass is 10.0. The Morgan fingerprint density at radius 2 is 1.96 bits per heavy atom. The van der Waals surface area contributed by atoms with E-state index in [0.29, 0.717) is 17.9 Å². The molecule has 1 aliphatic rings. The van der Waals surface area contributed by atoms with Gasteiger partial charge in [-0.25, -0.2) is 0 Å². The van der Waals surface area contributed by atoms with Crippen molar-refractivity contribution in [3.05, 3.63) is 65.2 Å². The van der Waals surface area contributed by atoms with Crippen molar-refractivity contribution in [2.75, 3.05) is 26.2 Å². The number of amides is 1. The van der Waals surface area contributed by atoms with Gasteiger partial charge >= 0.3 is 0 Å². The molecule has 1 heterocycles. The minimum Gasteiger partial charge on any atom is -0.484 e. The Hall–Kier alpha value is -2.66. The molecule has 142 valence electrons. The predicted molar refractivity (Wildman–Crippen MR) is 105 cm³/mol. The standard InChI is InChI=1S/C22H26N2O3/c1-3-17-7-9-18(10-8-17)21-14-23-11-12-24(21)22(26)15-27-20-6-4-5-19(13-20)16(2)25/h4-10,13,21,23H,3,11-12,14-15H2,1-2H3. The van der Waals surface area contributed by atoms with E-state index in [1.165, 1.54) is 12.5 Å². The Morgan fingerprint density at radius 3 is 2.67 bits per heavy atom. The number of ketones is 1. The summed E-state index contributed by atoms with van der Waals surface area (Å²) in [6.45, 7) is 5.76. The molecule has 1 aliphatic heterocycles. The number of hydrogen-bond donors (Lipinski definition) is 1. The first-order valence-electron chi connectivity index (χ1n) is 9.41. The van der Waals surface area contributed by atoms with Gasteiger partial charge in [0, 0.05) is 25.2 Å². The van der Waals surface area contributed by atoms with Gasteiger partial charge in [0.2, 0.25) is 0 Å². The van der Waals surface area contributed by atoms with Crippen LogP contribution in [0.25, 0.3) is 0 Å². The molecule has 0 radical (unpaired) electrons. The zero-order valence-corrected chi connectivity index (χ0v) is 15.9. The lowest BCUT2D eigenvalue weighted by Gasteiger charge is -2.36. The van der Waals surface area contributed by atoms with Crippen molar-refractivity contribution in [2.24, 2.45) is 0 Å². The zero-order valence-electron chi connectivity index (χ0n) is 15.9. The highest BCUT2D eigenvalue weighted by molar-refractivity contribution is 5.94. The van der Waals surface area contributed by atoms with Crippen LogP contribution < -0.4 is 10.1 Å². The van der Waals surface area contributed by atoms with E-state index in [0.717, 1.165) is 25.1 Å². The summed E-state index contributed by atoms with van der Waals surface area (Å²) in [6, 6.07) is 15.4. The number of hydrogen-bond acceptors (Lipinski definition) is 4. The molecular weight excluding hydrogens is 340 g/mol. The van der Waals surface area contributed by atoms with Crippen LogP contribution in [-0.4, -0.2) is 42.8 Å². The molecule has 5 nitrogen and oxygen atoms in total. The van der Waals surface area contributed by atoms with Crippen LogP contribution in [0, 0.1) is 0 Å². The highest BCUT2D eigenvalue weighted by Gasteiger charge is 2.28. The first kappa shape index (κ1) is 19.1. The SMILES string of the molecule is CCc1ccc(C2CNCCN2C(=O)COc2cccc(C(C)=O)c2)cc1. The van der Waals surface area contributed by atoms with Gasteiger partial charge < -0.3 is 15.0 Å². The Labute approximate surface area is 160 Å². The smallest absolute Gasteiger partial charge is 0.261 e. The number of aryl methyl sites for hydroxylation is 1. The number of Topliss-reactive ketones (excluding diaryl/α,β-unsaturated/α-hetero) is 1. The molecule has 1 N–H and O–H groups in total. The van der Waals surface area contributed by atoms with Gasteiger partial charge in [0.05, 0.1) is 6.04 Å². The third-order valence-electron chi connectivity index (χ3n) is 4.94. The molecular formula is C22H26N2O3. The van der Waals surface area contributed by atoms with Crippen LogP contribution in [0.1, 0.15) is 41.4 Å². The van der Waals surface area contributed by atoms with Crippen LogP contribution in [0.4, 0.5) is 0 Å². The number of piperazine rings is 1. The van der Waals surface area contributed by atoms with Crippen molar-refractivity contribution in [2.45, 2.75) is 26.3 Å². The second-order valence-electron chi connectivity index (χ2n) is 6.77. The van der Waals surface area contributed by atoms with Gasteiger partial charge in [0.15, 0.2) is 12.4 Å². The number of carbonyl (C=O) groups excluding carboxylic acids is 2. The Balaban J connectivity index is 1.67. The molecule has 0 bridgehead atoms. The summed E-state index contributed by atoms with van der Waals surface area (Å²) in [5, 5.41) is 3.37. The van der Waals surface area contributed by atoms with E-state index in [9.17, 15) is 9.59 Å². The number of rotatable bonds is 6. The van der Waals surface area contributed by atoms with E-state index in [1.807, 2.05) is 4.90 Å². The van der Waals surface area contributed by atoms with Crippen LogP contribution in [0.5, 0.6) is 5.75 Å². The number of carbonyl (C=O) groups is 2. The van der Waals surface area contributed by atoms with Crippen LogP contribution in [-0.2, 0) is 11.2 Å². The Kier molecular flexibility index (Phi) is 6.24. The third kappa shape index (κ3) is 4.74. The van der Waals surface area contributed by atoms with E-state index in [1.54, 1.807) is 24.3 Å². The summed E-state index contributed by atoms with van der Waals surface area (Å²) in [5.41, 5.74) is 3.00. The summed E-state index contributed by atoms with van der Waals surface area (Å²) in [4.78, 5) is 26.2. The van der Waals surface area contributed by atoms with Crippen molar-refractivity contribution in [1.29, 1.82) is 0 Å². The van der Waals surface area contributed by atoms with Crippen molar-refractivity contribution < 1.29 is 14.3 Å². The van der Waals surface area contributed by atoms with E-state index < -0.39 is 0 Å². The zero-order chi connectivity index (χ0) is 19.2. The Bertz CT molecular complexity index is 801. The first-order valence-corrected chi connectivity index (χ1v) is 9.41. The van der Waals surface area contributed by atoms with Gasteiger partial charge in [-0.15, -0.1) is 0 Å². The molecule has 3 rings (SSSR count). The molecule has 0 aliphatic carbocycles. The van der Waals surface area contributed by atoms with Gasteiger partial charge in [0.25, 0.3) is 5.91 Å². The van der Waals surface area contributed by atoms with Gasteiger partial charge in [-0.05, 0) is 36.6 Å². The highest BCUT2D eigenvalue weighted by atomic mass is 16.5. The summed E-state index contributed by atoms with van der Waals surface area (Å²) in [7, 11) is 0. The van der Waals surface area contributed by atoms with Gasteiger partial charge in [-0.1, -0.05) is 43.3 Å². The summed E-state index contributed by atoms with van der Waals surface area (Å²) >= 11 is 0. The molecule has 0 aromatic heterocycles. The normalized spacial score (nSPS) is 16.8. The van der Waals surface area contributed by atoms with Crippen LogP contribution in [0.15, 0.2) is 48.5 Å².